The highest BCUT2D eigenvalue weighted by Crippen LogP contribution is 1.83. The van der Waals surface area contributed by atoms with E-state index in [-0.39, 0.29) is 21.5 Å². The van der Waals surface area contributed by atoms with E-state index in [1.165, 1.54) is 0 Å². The van der Waals surface area contributed by atoms with Crippen LogP contribution in [-0.4, -0.2) is 26.5 Å². The quantitative estimate of drug-likeness (QED) is 0.376. The zero-order valence-electron chi connectivity index (χ0n) is 5.26. The second-order valence-corrected chi connectivity index (χ2v) is 1.67. The van der Waals surface area contributed by atoms with Crippen molar-refractivity contribution in [2.75, 3.05) is 0 Å². The fraction of sp³-hybridized carbons (Fsp3) is 1.00. The molecule has 0 heterocycles. The molecule has 3 nitrogen and oxygen atoms in total. The van der Waals surface area contributed by atoms with E-state index in [1.54, 1.807) is 0 Å². The third kappa shape index (κ3) is 6.01. The van der Waals surface area contributed by atoms with Crippen LogP contribution in [0.2, 0.25) is 0 Å². The Morgan fingerprint density at radius 3 is 2.50 bits per heavy atom. The molecule has 0 radical (unpaired) electrons. The summed E-state index contributed by atoms with van der Waals surface area (Å²) in [6.07, 6.45) is 0.168. The van der Waals surface area contributed by atoms with Crippen LogP contribution in [0.4, 0.5) is 0 Å². The second kappa shape index (κ2) is 5.15. The van der Waals surface area contributed by atoms with E-state index >= 15 is 0 Å². The molecule has 8 heavy (non-hydrogen) atoms. The van der Waals surface area contributed by atoms with Gasteiger partial charge in [-0.25, -0.2) is 0 Å². The zero-order valence-corrected chi connectivity index (χ0v) is 5.26. The van der Waals surface area contributed by atoms with Crippen molar-refractivity contribution < 1.29 is 14.3 Å². The molecule has 0 aliphatic carbocycles. The molecule has 0 spiro atoms. The molecule has 0 atom stereocenters. The highest BCUT2D eigenvalue weighted by Gasteiger charge is 1.94. The van der Waals surface area contributed by atoms with E-state index in [4.69, 9.17) is 9.68 Å². The summed E-state index contributed by atoms with van der Waals surface area (Å²) in [7, 11) is -0.0963. The lowest BCUT2D eigenvalue weighted by Gasteiger charge is -2.03. The van der Waals surface area contributed by atoms with Crippen LogP contribution in [0.25, 0.3) is 0 Å². The summed E-state index contributed by atoms with van der Waals surface area (Å²) in [4.78, 5) is 0. The average Bonchev–Trinajstić information content (AvgIpc) is 1.66. The lowest BCUT2D eigenvalue weighted by atomic mass is 10.3. The number of hydrogen-bond acceptors (Lipinski definition) is 3. The molecule has 0 rings (SSSR count). The molecule has 0 unspecified atom stereocenters. The van der Waals surface area contributed by atoms with Crippen LogP contribution < -0.4 is 0 Å². The first-order valence-corrected chi connectivity index (χ1v) is 2.57. The summed E-state index contributed by atoms with van der Waals surface area (Å²) in [5.74, 6) is 0. The van der Waals surface area contributed by atoms with Crippen molar-refractivity contribution in [1.29, 1.82) is 0 Å². The predicted octanol–water partition coefficient (Wildman–Crippen LogP) is -1.05. The maximum Gasteiger partial charge on any atom is 0.424 e. The standard InChI is InChI=1S/C3H10B2O3/c1-3(2)7-5-8-4-6/h3-6H,1-2H3. The van der Waals surface area contributed by atoms with Crippen molar-refractivity contribution in [2.24, 2.45) is 0 Å². The van der Waals surface area contributed by atoms with Gasteiger partial charge in [-0.05, 0) is 13.8 Å². The smallest absolute Gasteiger partial charge is 0.424 e. The van der Waals surface area contributed by atoms with Crippen LogP contribution in [0, 0.1) is 0 Å². The lowest BCUT2D eigenvalue weighted by molar-refractivity contribution is 0.219. The molecular formula is C3H10B2O3. The molecule has 0 aliphatic heterocycles. The molecule has 0 bridgehead atoms. The Bertz CT molecular complexity index is 49.8. The van der Waals surface area contributed by atoms with Gasteiger partial charge in [-0.15, -0.1) is 0 Å². The van der Waals surface area contributed by atoms with Crippen molar-refractivity contribution in [3.8, 4) is 0 Å². The van der Waals surface area contributed by atoms with E-state index < -0.39 is 0 Å². The first-order valence-electron chi connectivity index (χ1n) is 2.57. The molecule has 0 aromatic rings. The Labute approximate surface area is 50.6 Å². The lowest BCUT2D eigenvalue weighted by Crippen LogP contribution is -2.12. The molecule has 0 aliphatic rings. The molecule has 0 amide bonds. The van der Waals surface area contributed by atoms with E-state index in [0.29, 0.717) is 0 Å². The van der Waals surface area contributed by atoms with E-state index in [1.807, 2.05) is 13.8 Å². The zero-order chi connectivity index (χ0) is 6.41. The molecule has 46 valence electrons. The highest BCUT2D eigenvalue weighted by molar-refractivity contribution is 6.33. The minimum absolute atomic E-state index is 0.168. The van der Waals surface area contributed by atoms with Gasteiger partial charge in [0.05, 0.1) is 0 Å². The van der Waals surface area contributed by atoms with Gasteiger partial charge in [-0.3, -0.25) is 0 Å². The van der Waals surface area contributed by atoms with E-state index in [9.17, 15) is 0 Å². The fourth-order valence-corrected chi connectivity index (χ4v) is 0.221. The summed E-state index contributed by atoms with van der Waals surface area (Å²) >= 11 is 0. The van der Waals surface area contributed by atoms with Gasteiger partial charge in [0.2, 0.25) is 0 Å². The summed E-state index contributed by atoms with van der Waals surface area (Å²) < 4.78 is 9.38. The molecule has 5 heteroatoms. The van der Waals surface area contributed by atoms with Crippen molar-refractivity contribution in [3.05, 3.63) is 0 Å². The van der Waals surface area contributed by atoms with Crippen LogP contribution in [0.1, 0.15) is 13.8 Å². The average molecular weight is 116 g/mol. The molecule has 0 saturated carbocycles. The first kappa shape index (κ1) is 8.01. The molecular weight excluding hydrogens is 106 g/mol. The summed E-state index contributed by atoms with van der Waals surface area (Å²) in [5.41, 5.74) is 0. The largest absolute Gasteiger partial charge is 0.457 e. The Balaban J connectivity index is 2.72. The van der Waals surface area contributed by atoms with E-state index in [2.05, 4.69) is 4.57 Å². The van der Waals surface area contributed by atoms with Gasteiger partial charge >= 0.3 is 15.4 Å². The van der Waals surface area contributed by atoms with Crippen LogP contribution >= 0.6 is 0 Å². The van der Waals surface area contributed by atoms with Gasteiger partial charge in [0.25, 0.3) is 0 Å². The van der Waals surface area contributed by atoms with Gasteiger partial charge in [0, 0.05) is 6.10 Å². The number of hydrogen-bond donors (Lipinski definition) is 1. The van der Waals surface area contributed by atoms with Crippen molar-refractivity contribution in [1.82, 2.24) is 0 Å². The third-order valence-corrected chi connectivity index (χ3v) is 0.576. The van der Waals surface area contributed by atoms with Crippen LogP contribution in [-0.2, 0) is 9.23 Å². The minimum atomic E-state index is -0.271. The van der Waals surface area contributed by atoms with Gasteiger partial charge in [-0.2, -0.15) is 0 Å². The second-order valence-electron chi connectivity index (χ2n) is 1.67. The van der Waals surface area contributed by atoms with Crippen LogP contribution in [0.5, 0.6) is 0 Å². The van der Waals surface area contributed by atoms with E-state index in [0.717, 1.165) is 0 Å². The highest BCUT2D eigenvalue weighted by atomic mass is 16.6. The SMILES string of the molecule is CC(C)OBOBO. The molecule has 0 aromatic heterocycles. The van der Waals surface area contributed by atoms with Crippen LogP contribution in [0.15, 0.2) is 0 Å². The number of rotatable bonds is 4. The third-order valence-electron chi connectivity index (χ3n) is 0.576. The fourth-order valence-electron chi connectivity index (χ4n) is 0.221. The van der Waals surface area contributed by atoms with Crippen LogP contribution in [0.3, 0.4) is 0 Å². The Kier molecular flexibility index (Phi) is 5.16. The topological polar surface area (TPSA) is 38.7 Å². The Morgan fingerprint density at radius 2 is 2.12 bits per heavy atom. The molecule has 0 fully saturated rings. The van der Waals surface area contributed by atoms with Gasteiger partial charge < -0.3 is 14.3 Å². The normalized spacial score (nSPS) is 9.50. The Hall–Kier alpha value is 0.00987. The van der Waals surface area contributed by atoms with Crippen molar-refractivity contribution in [2.45, 2.75) is 20.0 Å². The predicted molar refractivity (Wildman–Crippen MR) is 33.8 cm³/mol. The van der Waals surface area contributed by atoms with Crippen molar-refractivity contribution >= 4 is 15.4 Å². The van der Waals surface area contributed by atoms with Gasteiger partial charge in [-0.1, -0.05) is 0 Å². The Morgan fingerprint density at radius 1 is 1.50 bits per heavy atom. The monoisotopic (exact) mass is 116 g/mol. The summed E-state index contributed by atoms with van der Waals surface area (Å²) in [6.45, 7) is 3.81. The first-order chi connectivity index (χ1) is 3.77. The van der Waals surface area contributed by atoms with Crippen molar-refractivity contribution in [3.63, 3.8) is 0 Å². The summed E-state index contributed by atoms with van der Waals surface area (Å²) in [5, 5.41) is 8.08. The maximum absolute atomic E-state index is 8.08. The molecule has 0 saturated heterocycles. The van der Waals surface area contributed by atoms with Gasteiger partial charge in [0.15, 0.2) is 0 Å². The molecule has 0 aromatic carbocycles. The summed E-state index contributed by atoms with van der Waals surface area (Å²) in [6, 6.07) is 0. The minimum Gasteiger partial charge on any atom is -0.457 e. The van der Waals surface area contributed by atoms with Gasteiger partial charge in [0.1, 0.15) is 0 Å². The maximum atomic E-state index is 8.08. The molecule has 1 N–H and O–H groups in total.